The fourth-order valence-corrected chi connectivity index (χ4v) is 3.76. The van der Waals surface area contributed by atoms with Crippen LogP contribution in [0.4, 0.5) is 0 Å². The number of aromatic nitrogens is 2. The first-order chi connectivity index (χ1) is 17.1. The van der Waals surface area contributed by atoms with Gasteiger partial charge in [-0.15, -0.1) is 0 Å². The Morgan fingerprint density at radius 2 is 1.80 bits per heavy atom. The fourth-order valence-electron chi connectivity index (χ4n) is 3.76. The largest absolute Gasteiger partial charge is 0.486 e. The van der Waals surface area contributed by atoms with Crippen LogP contribution in [0.2, 0.25) is 0 Å². The van der Waals surface area contributed by atoms with E-state index in [0.717, 1.165) is 28.0 Å². The molecule has 0 atom stereocenters. The molecule has 0 spiro atoms. The third kappa shape index (κ3) is 6.68. The summed E-state index contributed by atoms with van der Waals surface area (Å²) in [5, 5.41) is 2.99. The number of benzene rings is 2. The van der Waals surface area contributed by atoms with Gasteiger partial charge in [0.2, 0.25) is 0 Å². The number of nitrogens with zero attached hydrogens (tertiary/aromatic N) is 2. The Morgan fingerprint density at radius 1 is 0.971 bits per heavy atom. The van der Waals surface area contributed by atoms with E-state index in [9.17, 15) is 4.79 Å². The molecule has 0 aliphatic carbocycles. The summed E-state index contributed by atoms with van der Waals surface area (Å²) in [4.78, 5) is 17.6. The molecule has 35 heavy (non-hydrogen) atoms. The van der Waals surface area contributed by atoms with Crippen LogP contribution in [0.3, 0.4) is 0 Å². The van der Waals surface area contributed by atoms with Crippen LogP contribution in [0, 0.1) is 6.92 Å². The summed E-state index contributed by atoms with van der Waals surface area (Å²) in [7, 11) is 0. The van der Waals surface area contributed by atoms with Crippen LogP contribution in [0.15, 0.2) is 73.1 Å². The average Bonchev–Trinajstić information content (AvgIpc) is 3.31. The normalized spacial score (nSPS) is 11.0. The van der Waals surface area contributed by atoms with Crippen LogP contribution in [0.5, 0.6) is 5.75 Å². The molecular weight excluding hydrogens is 442 g/mol. The van der Waals surface area contributed by atoms with E-state index >= 15 is 0 Å². The molecule has 7 heteroatoms. The third-order valence-corrected chi connectivity index (χ3v) is 5.52. The van der Waals surface area contributed by atoms with E-state index in [-0.39, 0.29) is 12.5 Å². The zero-order chi connectivity index (χ0) is 24.5. The lowest BCUT2D eigenvalue weighted by Crippen LogP contribution is -2.23. The predicted molar refractivity (Wildman–Crippen MR) is 134 cm³/mol. The SMILES string of the molecule is CCOCCOCc1cccc(CNC(=O)c2ccccc2OCc2cn3cccc(C)c3n2)c1. The summed E-state index contributed by atoms with van der Waals surface area (Å²) in [6.07, 6.45) is 3.90. The van der Waals surface area contributed by atoms with Gasteiger partial charge >= 0.3 is 0 Å². The van der Waals surface area contributed by atoms with Crippen LogP contribution in [-0.2, 0) is 29.2 Å². The molecule has 0 saturated heterocycles. The summed E-state index contributed by atoms with van der Waals surface area (Å²) >= 11 is 0. The Balaban J connectivity index is 1.34. The lowest BCUT2D eigenvalue weighted by molar-refractivity contribution is 0.0453. The second kappa shape index (κ2) is 12.1. The number of nitrogens with one attached hydrogen (secondary N) is 1. The van der Waals surface area contributed by atoms with Crippen LogP contribution in [0.25, 0.3) is 5.65 Å². The van der Waals surface area contributed by atoms with E-state index in [1.807, 2.05) is 79.2 Å². The van der Waals surface area contributed by atoms with E-state index < -0.39 is 0 Å². The van der Waals surface area contributed by atoms with Crippen molar-refractivity contribution in [3.63, 3.8) is 0 Å². The highest BCUT2D eigenvalue weighted by molar-refractivity contribution is 5.96. The lowest BCUT2D eigenvalue weighted by atomic mass is 10.1. The summed E-state index contributed by atoms with van der Waals surface area (Å²) in [6.45, 7) is 7.01. The number of hydrogen-bond acceptors (Lipinski definition) is 5. The maximum absolute atomic E-state index is 12.9. The monoisotopic (exact) mass is 473 g/mol. The molecule has 7 nitrogen and oxygen atoms in total. The van der Waals surface area contributed by atoms with Gasteiger partial charge < -0.3 is 23.9 Å². The van der Waals surface area contributed by atoms with Gasteiger partial charge in [-0.25, -0.2) is 4.98 Å². The molecule has 0 radical (unpaired) electrons. The molecule has 2 heterocycles. The van der Waals surface area contributed by atoms with Crippen molar-refractivity contribution in [2.45, 2.75) is 33.6 Å². The topological polar surface area (TPSA) is 74.1 Å². The smallest absolute Gasteiger partial charge is 0.255 e. The minimum absolute atomic E-state index is 0.190. The van der Waals surface area contributed by atoms with Gasteiger partial charge in [-0.05, 0) is 48.7 Å². The zero-order valence-corrected chi connectivity index (χ0v) is 20.2. The number of pyridine rings is 1. The van der Waals surface area contributed by atoms with Crippen LogP contribution in [0.1, 0.15) is 39.7 Å². The molecule has 2 aromatic carbocycles. The Morgan fingerprint density at radius 3 is 2.66 bits per heavy atom. The van der Waals surface area contributed by atoms with Crippen LogP contribution in [-0.4, -0.2) is 35.1 Å². The highest BCUT2D eigenvalue weighted by atomic mass is 16.5. The number of rotatable bonds is 12. The molecule has 4 rings (SSSR count). The van der Waals surface area contributed by atoms with Crippen molar-refractivity contribution >= 4 is 11.6 Å². The zero-order valence-electron chi connectivity index (χ0n) is 20.2. The molecule has 1 amide bonds. The summed E-state index contributed by atoms with van der Waals surface area (Å²) in [5.41, 5.74) is 5.35. The van der Waals surface area contributed by atoms with Gasteiger partial charge in [0, 0.05) is 25.5 Å². The number of aryl methyl sites for hydroxylation is 1. The Kier molecular flexibility index (Phi) is 8.48. The molecule has 0 unspecified atom stereocenters. The highest BCUT2D eigenvalue weighted by Gasteiger charge is 2.13. The van der Waals surface area contributed by atoms with Gasteiger partial charge in [0.15, 0.2) is 0 Å². The van der Waals surface area contributed by atoms with Crippen LogP contribution < -0.4 is 10.1 Å². The highest BCUT2D eigenvalue weighted by Crippen LogP contribution is 2.20. The second-order valence-corrected chi connectivity index (χ2v) is 8.19. The van der Waals surface area contributed by atoms with Crippen molar-refractivity contribution in [1.82, 2.24) is 14.7 Å². The summed E-state index contributed by atoms with van der Waals surface area (Å²) in [5.74, 6) is 0.333. The Hall–Kier alpha value is -3.68. The molecule has 0 aliphatic rings. The van der Waals surface area contributed by atoms with Crippen molar-refractivity contribution in [2.24, 2.45) is 0 Å². The lowest BCUT2D eigenvalue weighted by Gasteiger charge is -2.12. The van der Waals surface area contributed by atoms with Crippen molar-refractivity contribution in [1.29, 1.82) is 0 Å². The van der Waals surface area contributed by atoms with Gasteiger partial charge in [0.05, 0.1) is 31.1 Å². The van der Waals surface area contributed by atoms with Gasteiger partial charge in [0.1, 0.15) is 18.0 Å². The van der Waals surface area contributed by atoms with Crippen molar-refractivity contribution < 1.29 is 19.0 Å². The van der Waals surface area contributed by atoms with Crippen LogP contribution >= 0.6 is 0 Å². The maximum atomic E-state index is 12.9. The number of fused-ring (bicyclic) bond motifs is 1. The number of carbonyl (C=O) groups excluding carboxylic acids is 1. The molecule has 2 aromatic heterocycles. The van der Waals surface area contributed by atoms with E-state index in [0.29, 0.717) is 44.3 Å². The van der Waals surface area contributed by atoms with E-state index in [1.54, 1.807) is 12.1 Å². The first kappa shape index (κ1) is 24.4. The van der Waals surface area contributed by atoms with Crippen molar-refractivity contribution in [3.8, 4) is 5.75 Å². The van der Waals surface area contributed by atoms with E-state index in [4.69, 9.17) is 14.2 Å². The molecule has 182 valence electrons. The number of para-hydroxylation sites is 1. The second-order valence-electron chi connectivity index (χ2n) is 8.19. The standard InChI is InChI=1S/C28H31N3O4/c1-3-33-14-15-34-19-23-10-6-9-22(16-23)17-29-28(32)25-11-4-5-12-26(25)35-20-24-18-31-13-7-8-21(2)27(31)30-24/h4-13,16,18H,3,14-15,17,19-20H2,1-2H3,(H,29,32). The molecule has 1 N–H and O–H groups in total. The minimum Gasteiger partial charge on any atom is -0.486 e. The van der Waals surface area contributed by atoms with Crippen molar-refractivity contribution in [2.75, 3.05) is 19.8 Å². The first-order valence-electron chi connectivity index (χ1n) is 11.8. The third-order valence-electron chi connectivity index (χ3n) is 5.52. The summed E-state index contributed by atoms with van der Waals surface area (Å²) in [6, 6.07) is 19.3. The number of carbonyl (C=O) groups is 1. The number of hydrogen-bond donors (Lipinski definition) is 1. The fraction of sp³-hybridized carbons (Fsp3) is 0.286. The number of imidazole rings is 1. The molecule has 0 aliphatic heterocycles. The molecular formula is C28H31N3O4. The minimum atomic E-state index is -0.190. The quantitative estimate of drug-likeness (QED) is 0.302. The van der Waals surface area contributed by atoms with Gasteiger partial charge in [-0.1, -0.05) is 42.5 Å². The first-order valence-corrected chi connectivity index (χ1v) is 11.8. The van der Waals surface area contributed by atoms with Gasteiger partial charge in [-0.3, -0.25) is 4.79 Å². The molecule has 4 aromatic rings. The van der Waals surface area contributed by atoms with E-state index in [1.165, 1.54) is 0 Å². The Bertz CT molecular complexity index is 1270. The van der Waals surface area contributed by atoms with E-state index in [2.05, 4.69) is 10.3 Å². The number of amides is 1. The Labute approximate surface area is 205 Å². The molecule has 0 bridgehead atoms. The van der Waals surface area contributed by atoms with Gasteiger partial charge in [-0.2, -0.15) is 0 Å². The molecule has 0 fully saturated rings. The summed E-state index contributed by atoms with van der Waals surface area (Å²) < 4.78 is 18.9. The number of ether oxygens (including phenoxy) is 3. The van der Waals surface area contributed by atoms with Gasteiger partial charge in [0.25, 0.3) is 5.91 Å². The predicted octanol–water partition coefficient (Wildman–Crippen LogP) is 4.70. The average molecular weight is 474 g/mol. The molecule has 0 saturated carbocycles. The van der Waals surface area contributed by atoms with Crippen molar-refractivity contribution in [3.05, 3.63) is 101 Å². The maximum Gasteiger partial charge on any atom is 0.255 e.